The summed E-state index contributed by atoms with van der Waals surface area (Å²) in [5.41, 5.74) is 2.07. The van der Waals surface area contributed by atoms with Crippen LogP contribution >= 0.6 is 0 Å². The minimum atomic E-state index is -0.563. The van der Waals surface area contributed by atoms with Crippen molar-refractivity contribution in [2.45, 2.75) is 46.1 Å². The first-order valence-electron chi connectivity index (χ1n) is 6.73. The van der Waals surface area contributed by atoms with E-state index >= 15 is 0 Å². The Bertz CT molecular complexity index is 455. The van der Waals surface area contributed by atoms with Crippen molar-refractivity contribution in [1.29, 1.82) is 5.26 Å². The highest BCUT2D eigenvalue weighted by atomic mass is 16.1. The van der Waals surface area contributed by atoms with Crippen LogP contribution < -0.4 is 5.32 Å². The molecule has 0 spiro atoms. The zero-order valence-corrected chi connectivity index (χ0v) is 12.1. The largest absolute Gasteiger partial charge is 0.337 e. The zero-order valence-electron chi connectivity index (χ0n) is 12.1. The second-order valence-electron chi connectivity index (χ2n) is 5.55. The summed E-state index contributed by atoms with van der Waals surface area (Å²) in [4.78, 5) is 11.7. The van der Waals surface area contributed by atoms with E-state index in [4.69, 9.17) is 0 Å². The molecule has 0 aliphatic heterocycles. The van der Waals surface area contributed by atoms with Crippen molar-refractivity contribution in [1.82, 2.24) is 5.32 Å². The van der Waals surface area contributed by atoms with Crippen LogP contribution in [0.3, 0.4) is 0 Å². The van der Waals surface area contributed by atoms with E-state index in [1.807, 2.05) is 38.1 Å². The number of carbonyl (C=O) groups is 1. The summed E-state index contributed by atoms with van der Waals surface area (Å²) in [6, 6.07) is 9.43. The molecule has 19 heavy (non-hydrogen) atoms. The van der Waals surface area contributed by atoms with E-state index in [2.05, 4.69) is 25.2 Å². The lowest BCUT2D eigenvalue weighted by Crippen LogP contribution is -2.28. The second-order valence-corrected chi connectivity index (χ2v) is 5.55. The molecule has 1 rings (SSSR count). The van der Waals surface area contributed by atoms with Crippen LogP contribution in [0.4, 0.5) is 0 Å². The summed E-state index contributed by atoms with van der Waals surface area (Å²) in [6.45, 7) is 8.22. The lowest BCUT2D eigenvalue weighted by Gasteiger charge is -2.14. The molecule has 3 nitrogen and oxygen atoms in total. The van der Waals surface area contributed by atoms with E-state index in [1.54, 1.807) is 0 Å². The fourth-order valence-electron chi connectivity index (χ4n) is 1.85. The standard InChI is InChI=1S/C16H22N2O/c1-11(2)9-16(19)18-15(10-17)14-7-5-13(6-8-14)12(3)4/h5-8,11-12,15H,9H2,1-4H3,(H,18,19). The van der Waals surface area contributed by atoms with E-state index in [-0.39, 0.29) is 5.91 Å². The molecule has 1 amide bonds. The molecule has 0 heterocycles. The number of hydrogen-bond donors (Lipinski definition) is 1. The molecule has 0 fully saturated rings. The average Bonchev–Trinajstić information content (AvgIpc) is 2.35. The van der Waals surface area contributed by atoms with Crippen molar-refractivity contribution >= 4 is 5.91 Å². The Kier molecular flexibility index (Phi) is 5.57. The van der Waals surface area contributed by atoms with Crippen LogP contribution in [0.5, 0.6) is 0 Å². The molecule has 1 aromatic carbocycles. The summed E-state index contributed by atoms with van der Waals surface area (Å²) < 4.78 is 0. The molecule has 1 aromatic rings. The molecule has 0 radical (unpaired) electrons. The Balaban J connectivity index is 2.75. The summed E-state index contributed by atoms with van der Waals surface area (Å²) in [5, 5.41) is 11.9. The predicted molar refractivity (Wildman–Crippen MR) is 76.5 cm³/mol. The highest BCUT2D eigenvalue weighted by Gasteiger charge is 2.14. The minimum Gasteiger partial charge on any atom is -0.337 e. The Labute approximate surface area is 115 Å². The maximum Gasteiger partial charge on any atom is 0.221 e. The van der Waals surface area contributed by atoms with Gasteiger partial charge in [-0.15, -0.1) is 0 Å². The number of nitrogens with one attached hydrogen (secondary N) is 1. The van der Waals surface area contributed by atoms with E-state index < -0.39 is 6.04 Å². The Hall–Kier alpha value is -1.82. The van der Waals surface area contributed by atoms with E-state index in [9.17, 15) is 10.1 Å². The van der Waals surface area contributed by atoms with Crippen LogP contribution in [0.1, 0.15) is 57.2 Å². The Morgan fingerprint density at radius 3 is 2.11 bits per heavy atom. The molecule has 3 heteroatoms. The SMILES string of the molecule is CC(C)CC(=O)NC(C#N)c1ccc(C(C)C)cc1. The molecule has 1 N–H and O–H groups in total. The van der Waals surface area contributed by atoms with Gasteiger partial charge in [0, 0.05) is 6.42 Å². The van der Waals surface area contributed by atoms with Gasteiger partial charge in [-0.25, -0.2) is 0 Å². The van der Waals surface area contributed by atoms with Gasteiger partial charge >= 0.3 is 0 Å². The van der Waals surface area contributed by atoms with Crippen LogP contribution in [0, 0.1) is 17.2 Å². The molecule has 0 aliphatic rings. The fourth-order valence-corrected chi connectivity index (χ4v) is 1.85. The third-order valence-electron chi connectivity index (χ3n) is 2.96. The molecule has 0 bridgehead atoms. The number of nitriles is 1. The highest BCUT2D eigenvalue weighted by molar-refractivity contribution is 5.77. The molecule has 1 unspecified atom stereocenters. The number of hydrogen-bond acceptors (Lipinski definition) is 2. The predicted octanol–water partition coefficient (Wildman–Crippen LogP) is 3.54. The summed E-state index contributed by atoms with van der Waals surface area (Å²) >= 11 is 0. The number of benzene rings is 1. The zero-order chi connectivity index (χ0) is 14.4. The summed E-state index contributed by atoms with van der Waals surface area (Å²) in [7, 11) is 0. The smallest absolute Gasteiger partial charge is 0.221 e. The number of carbonyl (C=O) groups excluding carboxylic acids is 1. The van der Waals surface area contributed by atoms with Crippen molar-refractivity contribution in [3.05, 3.63) is 35.4 Å². The lowest BCUT2D eigenvalue weighted by molar-refractivity contribution is -0.122. The maximum absolute atomic E-state index is 11.7. The molecule has 0 saturated carbocycles. The van der Waals surface area contributed by atoms with Gasteiger partial charge in [0.15, 0.2) is 0 Å². The molecular formula is C16H22N2O. The van der Waals surface area contributed by atoms with Crippen molar-refractivity contribution in [3.8, 4) is 6.07 Å². The van der Waals surface area contributed by atoms with Gasteiger partial charge in [-0.1, -0.05) is 52.0 Å². The minimum absolute atomic E-state index is 0.0745. The average molecular weight is 258 g/mol. The first-order valence-corrected chi connectivity index (χ1v) is 6.73. The van der Waals surface area contributed by atoms with Crippen LogP contribution in [-0.4, -0.2) is 5.91 Å². The highest BCUT2D eigenvalue weighted by Crippen LogP contribution is 2.18. The van der Waals surface area contributed by atoms with Crippen molar-refractivity contribution < 1.29 is 4.79 Å². The Morgan fingerprint density at radius 1 is 1.16 bits per heavy atom. The fraction of sp³-hybridized carbons (Fsp3) is 0.500. The normalized spacial score (nSPS) is 12.3. The van der Waals surface area contributed by atoms with Crippen LogP contribution in [0.25, 0.3) is 0 Å². The first kappa shape index (κ1) is 15.2. The maximum atomic E-state index is 11.7. The number of rotatable bonds is 5. The monoisotopic (exact) mass is 258 g/mol. The van der Waals surface area contributed by atoms with Gasteiger partial charge < -0.3 is 5.32 Å². The van der Waals surface area contributed by atoms with Crippen molar-refractivity contribution in [2.75, 3.05) is 0 Å². The first-order chi connectivity index (χ1) is 8.93. The molecular weight excluding hydrogens is 236 g/mol. The summed E-state index contributed by atoms with van der Waals surface area (Å²) in [5.74, 6) is 0.683. The van der Waals surface area contributed by atoms with Gasteiger partial charge in [0.1, 0.15) is 6.04 Å². The van der Waals surface area contributed by atoms with Crippen LogP contribution in [0.2, 0.25) is 0 Å². The van der Waals surface area contributed by atoms with Crippen LogP contribution in [-0.2, 0) is 4.79 Å². The van der Waals surface area contributed by atoms with Gasteiger partial charge in [0.25, 0.3) is 0 Å². The quantitative estimate of drug-likeness (QED) is 0.878. The van der Waals surface area contributed by atoms with Crippen LogP contribution in [0.15, 0.2) is 24.3 Å². The topological polar surface area (TPSA) is 52.9 Å². The second kappa shape index (κ2) is 6.94. The number of amides is 1. The third-order valence-corrected chi connectivity index (χ3v) is 2.96. The molecule has 0 aromatic heterocycles. The van der Waals surface area contributed by atoms with E-state index in [1.165, 1.54) is 5.56 Å². The molecule has 0 saturated heterocycles. The van der Waals surface area contributed by atoms with Gasteiger partial charge in [0.2, 0.25) is 5.91 Å². The van der Waals surface area contributed by atoms with E-state index in [0.717, 1.165) is 5.56 Å². The van der Waals surface area contributed by atoms with Crippen molar-refractivity contribution in [3.63, 3.8) is 0 Å². The van der Waals surface area contributed by atoms with E-state index in [0.29, 0.717) is 18.3 Å². The third kappa shape index (κ3) is 4.75. The van der Waals surface area contributed by atoms with Gasteiger partial charge in [-0.3, -0.25) is 4.79 Å². The molecule has 102 valence electrons. The molecule has 0 aliphatic carbocycles. The van der Waals surface area contributed by atoms with Crippen molar-refractivity contribution in [2.24, 2.45) is 5.92 Å². The lowest BCUT2D eigenvalue weighted by atomic mass is 9.99. The number of nitrogens with zero attached hydrogens (tertiary/aromatic N) is 1. The summed E-state index contributed by atoms with van der Waals surface area (Å²) in [6.07, 6.45) is 0.447. The molecule has 1 atom stereocenters. The Morgan fingerprint density at radius 2 is 1.68 bits per heavy atom. The van der Waals surface area contributed by atoms with Gasteiger partial charge in [0.05, 0.1) is 6.07 Å². The van der Waals surface area contributed by atoms with Gasteiger partial charge in [-0.05, 0) is 23.0 Å². The van der Waals surface area contributed by atoms with Gasteiger partial charge in [-0.2, -0.15) is 5.26 Å².